The number of nitrogens with one attached hydrogen (secondary N) is 1. The van der Waals surface area contributed by atoms with E-state index in [1.54, 1.807) is 25.1 Å². The number of benzene rings is 2. The first-order valence-electron chi connectivity index (χ1n) is 10.0. The third-order valence-corrected chi connectivity index (χ3v) is 7.25. The first-order chi connectivity index (χ1) is 14.8. The van der Waals surface area contributed by atoms with Crippen molar-refractivity contribution in [2.75, 3.05) is 39.7 Å². The number of nitrogens with zero attached hydrogens (tertiary/aromatic N) is 1. The summed E-state index contributed by atoms with van der Waals surface area (Å²) in [5.41, 5.74) is 1.40. The molecule has 0 radical (unpaired) electrons. The molecule has 1 amide bonds. The molecule has 0 aliphatic carbocycles. The second kappa shape index (κ2) is 9.57. The van der Waals surface area contributed by atoms with Gasteiger partial charge in [-0.15, -0.1) is 0 Å². The van der Waals surface area contributed by atoms with Crippen molar-refractivity contribution < 1.29 is 27.4 Å². The summed E-state index contributed by atoms with van der Waals surface area (Å²) in [5.74, 6) is 0.673. The standard InChI is InChI=1S/C22H28N2O6S/c1-15-8-9-16(31(26,27)24-10-6-5-7-11-24)12-18(15)23-22(25)17-13-20(29-3)21(30-4)14-19(17)28-2/h8-9,12-14H,5-7,10-11H2,1-4H3,(H,23,25). The zero-order valence-electron chi connectivity index (χ0n) is 18.2. The molecular weight excluding hydrogens is 420 g/mol. The smallest absolute Gasteiger partial charge is 0.259 e. The maximum atomic E-state index is 13.0. The molecule has 1 aliphatic heterocycles. The monoisotopic (exact) mass is 448 g/mol. The van der Waals surface area contributed by atoms with Crippen molar-refractivity contribution in [1.82, 2.24) is 4.31 Å². The van der Waals surface area contributed by atoms with Crippen LogP contribution in [0.1, 0.15) is 35.2 Å². The SMILES string of the molecule is COc1cc(OC)c(C(=O)Nc2cc(S(=O)(=O)N3CCCCC3)ccc2C)cc1OC. The molecule has 0 aromatic heterocycles. The van der Waals surface area contributed by atoms with Crippen molar-refractivity contribution in [3.63, 3.8) is 0 Å². The predicted octanol–water partition coefficient (Wildman–Crippen LogP) is 3.45. The Kier molecular flexibility index (Phi) is 7.07. The Balaban J connectivity index is 1.93. The molecule has 8 nitrogen and oxygen atoms in total. The summed E-state index contributed by atoms with van der Waals surface area (Å²) in [4.78, 5) is 13.2. The van der Waals surface area contributed by atoms with E-state index in [0.29, 0.717) is 36.0 Å². The minimum absolute atomic E-state index is 0.162. The highest BCUT2D eigenvalue weighted by Gasteiger charge is 2.27. The van der Waals surface area contributed by atoms with Gasteiger partial charge < -0.3 is 19.5 Å². The highest BCUT2D eigenvalue weighted by molar-refractivity contribution is 7.89. The molecule has 0 saturated carbocycles. The summed E-state index contributed by atoms with van der Waals surface area (Å²) in [5, 5.41) is 2.81. The number of amides is 1. The third-order valence-electron chi connectivity index (χ3n) is 5.36. The fourth-order valence-electron chi connectivity index (χ4n) is 3.55. The molecule has 0 bridgehead atoms. The molecule has 1 N–H and O–H groups in total. The Morgan fingerprint density at radius 1 is 0.903 bits per heavy atom. The number of hydrogen-bond donors (Lipinski definition) is 1. The Morgan fingerprint density at radius 3 is 2.13 bits per heavy atom. The first-order valence-corrected chi connectivity index (χ1v) is 11.5. The molecule has 1 saturated heterocycles. The van der Waals surface area contributed by atoms with Crippen molar-refractivity contribution in [3.8, 4) is 17.2 Å². The highest BCUT2D eigenvalue weighted by atomic mass is 32.2. The van der Waals surface area contributed by atoms with Crippen LogP contribution >= 0.6 is 0 Å². The summed E-state index contributed by atoms with van der Waals surface area (Å²) in [6, 6.07) is 7.86. The maximum Gasteiger partial charge on any atom is 0.259 e. The fraction of sp³-hybridized carbons (Fsp3) is 0.409. The van der Waals surface area contributed by atoms with E-state index in [9.17, 15) is 13.2 Å². The molecule has 1 aliphatic rings. The van der Waals surface area contributed by atoms with Crippen molar-refractivity contribution in [3.05, 3.63) is 41.5 Å². The molecule has 1 heterocycles. The number of piperidine rings is 1. The molecule has 2 aromatic rings. The average molecular weight is 449 g/mol. The zero-order chi connectivity index (χ0) is 22.6. The summed E-state index contributed by atoms with van der Waals surface area (Å²) in [7, 11) is 0.812. The molecule has 1 fully saturated rings. The number of carbonyl (C=O) groups is 1. The van der Waals surface area contributed by atoms with Crippen molar-refractivity contribution >= 4 is 21.6 Å². The lowest BCUT2D eigenvalue weighted by molar-refractivity contribution is 0.102. The molecule has 31 heavy (non-hydrogen) atoms. The van der Waals surface area contributed by atoms with E-state index < -0.39 is 15.9 Å². The van der Waals surface area contributed by atoms with Crippen LogP contribution in [0.15, 0.2) is 35.2 Å². The predicted molar refractivity (Wildman–Crippen MR) is 118 cm³/mol. The number of carbonyl (C=O) groups excluding carboxylic acids is 1. The number of hydrogen-bond acceptors (Lipinski definition) is 6. The maximum absolute atomic E-state index is 13.0. The van der Waals surface area contributed by atoms with Gasteiger partial charge in [0.15, 0.2) is 11.5 Å². The minimum Gasteiger partial charge on any atom is -0.496 e. The molecule has 168 valence electrons. The minimum atomic E-state index is -3.61. The second-order valence-corrected chi connectivity index (χ2v) is 9.24. The van der Waals surface area contributed by atoms with E-state index in [0.717, 1.165) is 24.8 Å². The van der Waals surface area contributed by atoms with Crippen molar-refractivity contribution in [2.45, 2.75) is 31.1 Å². The lowest BCUT2D eigenvalue weighted by Crippen LogP contribution is -2.35. The number of sulfonamides is 1. The van der Waals surface area contributed by atoms with Gasteiger partial charge in [-0.25, -0.2) is 8.42 Å². The van der Waals surface area contributed by atoms with Crippen LogP contribution < -0.4 is 19.5 Å². The third kappa shape index (κ3) is 4.77. The van der Waals surface area contributed by atoms with Gasteiger partial charge in [-0.1, -0.05) is 12.5 Å². The number of methoxy groups -OCH3 is 3. The Labute approximate surface area is 183 Å². The van der Waals surface area contributed by atoms with E-state index in [2.05, 4.69) is 5.32 Å². The summed E-state index contributed by atoms with van der Waals surface area (Å²) in [6.45, 7) is 2.83. The second-order valence-electron chi connectivity index (χ2n) is 7.30. The number of anilines is 1. The van der Waals surface area contributed by atoms with Crippen LogP contribution in [-0.2, 0) is 10.0 Å². The fourth-order valence-corrected chi connectivity index (χ4v) is 5.09. The van der Waals surface area contributed by atoms with Gasteiger partial charge in [0.2, 0.25) is 10.0 Å². The number of rotatable bonds is 7. The van der Waals surface area contributed by atoms with E-state index in [1.165, 1.54) is 37.8 Å². The van der Waals surface area contributed by atoms with Crippen LogP contribution in [0.4, 0.5) is 5.69 Å². The number of aryl methyl sites for hydroxylation is 1. The van der Waals surface area contributed by atoms with Crippen molar-refractivity contribution in [1.29, 1.82) is 0 Å². The van der Waals surface area contributed by atoms with Gasteiger partial charge in [-0.3, -0.25) is 4.79 Å². The zero-order valence-corrected chi connectivity index (χ0v) is 19.0. The summed E-state index contributed by atoms with van der Waals surface area (Å²) >= 11 is 0. The quantitative estimate of drug-likeness (QED) is 0.697. The van der Waals surface area contributed by atoms with E-state index in [4.69, 9.17) is 14.2 Å². The normalized spacial score (nSPS) is 14.7. The summed E-state index contributed by atoms with van der Waals surface area (Å²) < 4.78 is 43.4. The van der Waals surface area contributed by atoms with Crippen LogP contribution in [0.3, 0.4) is 0 Å². The Morgan fingerprint density at radius 2 is 1.52 bits per heavy atom. The van der Waals surface area contributed by atoms with Crippen LogP contribution in [0.2, 0.25) is 0 Å². The lowest BCUT2D eigenvalue weighted by atomic mass is 10.1. The van der Waals surface area contributed by atoms with E-state index in [1.807, 2.05) is 0 Å². The molecule has 0 spiro atoms. The molecule has 9 heteroatoms. The molecule has 2 aromatic carbocycles. The molecule has 0 atom stereocenters. The molecule has 3 rings (SSSR count). The van der Waals surface area contributed by atoms with Gasteiger partial charge in [0, 0.05) is 30.9 Å². The first kappa shape index (κ1) is 22.9. The highest BCUT2D eigenvalue weighted by Crippen LogP contribution is 2.35. The topological polar surface area (TPSA) is 94.2 Å². The van der Waals surface area contributed by atoms with Gasteiger partial charge >= 0.3 is 0 Å². The lowest BCUT2D eigenvalue weighted by Gasteiger charge is -2.26. The average Bonchev–Trinajstić information content (AvgIpc) is 2.79. The van der Waals surface area contributed by atoms with Gasteiger partial charge in [-0.05, 0) is 37.5 Å². The van der Waals surface area contributed by atoms with Crippen LogP contribution in [0, 0.1) is 6.92 Å². The Bertz CT molecular complexity index is 1060. The van der Waals surface area contributed by atoms with E-state index >= 15 is 0 Å². The molecule has 0 unspecified atom stereocenters. The van der Waals surface area contributed by atoms with Crippen LogP contribution in [0.5, 0.6) is 17.2 Å². The summed E-state index contributed by atoms with van der Waals surface area (Å²) in [6.07, 6.45) is 2.75. The van der Waals surface area contributed by atoms with Gasteiger partial charge in [0.1, 0.15) is 5.75 Å². The van der Waals surface area contributed by atoms with Crippen molar-refractivity contribution in [2.24, 2.45) is 0 Å². The van der Waals surface area contributed by atoms with Gasteiger partial charge in [0.25, 0.3) is 5.91 Å². The van der Waals surface area contributed by atoms with Gasteiger partial charge in [0.05, 0.1) is 31.8 Å². The largest absolute Gasteiger partial charge is 0.496 e. The van der Waals surface area contributed by atoms with Gasteiger partial charge in [-0.2, -0.15) is 4.31 Å². The van der Waals surface area contributed by atoms with Crippen LogP contribution in [0.25, 0.3) is 0 Å². The Hall–Kier alpha value is -2.78. The molecular formula is C22H28N2O6S. The van der Waals surface area contributed by atoms with Crippen LogP contribution in [-0.4, -0.2) is 53.0 Å². The number of ether oxygens (including phenoxy) is 3. The van der Waals surface area contributed by atoms with E-state index in [-0.39, 0.29) is 10.5 Å².